The zero-order valence-corrected chi connectivity index (χ0v) is 19.7. The number of carbonyl (C=O) groups is 4. The van der Waals surface area contributed by atoms with Gasteiger partial charge in [-0.3, -0.25) is 29.8 Å². The molecule has 0 saturated carbocycles. The lowest BCUT2D eigenvalue weighted by Crippen LogP contribution is -2.38. The van der Waals surface area contributed by atoms with Crippen molar-refractivity contribution in [2.45, 2.75) is 0 Å². The first-order valence-corrected chi connectivity index (χ1v) is 10.7. The van der Waals surface area contributed by atoms with Crippen LogP contribution in [-0.2, 0) is 28.7 Å². The summed E-state index contributed by atoms with van der Waals surface area (Å²) in [6.45, 7) is -2.68. The number of hydrogen-bond acceptors (Lipinski definition) is 12. The highest BCUT2D eigenvalue weighted by atomic mass is 16.6. The van der Waals surface area contributed by atoms with E-state index in [1.54, 1.807) is 0 Å². The van der Waals surface area contributed by atoms with E-state index in [0.29, 0.717) is 0 Å². The van der Waals surface area contributed by atoms with Crippen LogP contribution < -0.4 is 20.1 Å². The van der Waals surface area contributed by atoms with Gasteiger partial charge in [0.2, 0.25) is 0 Å². The van der Waals surface area contributed by atoms with E-state index in [-0.39, 0.29) is 36.0 Å². The van der Waals surface area contributed by atoms with Gasteiger partial charge in [-0.05, 0) is 12.1 Å². The van der Waals surface area contributed by atoms with Crippen molar-refractivity contribution >= 4 is 35.1 Å². The number of nitro groups is 2. The summed E-state index contributed by atoms with van der Waals surface area (Å²) < 4.78 is 19.5. The molecule has 0 fully saturated rings. The van der Waals surface area contributed by atoms with E-state index < -0.39 is 60.0 Å². The lowest BCUT2D eigenvalue weighted by molar-refractivity contribution is -0.386. The highest BCUT2D eigenvalue weighted by molar-refractivity contribution is 5.82. The number of para-hydroxylation sites is 4. The predicted molar refractivity (Wildman–Crippen MR) is 125 cm³/mol. The van der Waals surface area contributed by atoms with Gasteiger partial charge in [-0.1, -0.05) is 24.3 Å². The SMILES string of the molecule is O=C(COC(=O)COc1ccccc1[N+](=O)[O-])NCCNC(=O)COC(=O)COc1ccccc1[N+](=O)[O-]. The Morgan fingerprint density at radius 1 is 0.632 bits per heavy atom. The van der Waals surface area contributed by atoms with Gasteiger partial charge in [0.25, 0.3) is 11.8 Å². The van der Waals surface area contributed by atoms with Crippen LogP contribution in [0.15, 0.2) is 48.5 Å². The van der Waals surface area contributed by atoms with Gasteiger partial charge in [0.15, 0.2) is 37.9 Å². The normalized spacial score (nSPS) is 10.0. The lowest BCUT2D eigenvalue weighted by atomic mass is 10.3. The van der Waals surface area contributed by atoms with Crippen LogP contribution in [0.25, 0.3) is 0 Å². The molecule has 0 radical (unpaired) electrons. The molecule has 0 unspecified atom stereocenters. The predicted octanol–water partition coefficient (Wildman–Crippen LogP) is 0.280. The molecule has 0 atom stereocenters. The van der Waals surface area contributed by atoms with Crippen LogP contribution in [0.2, 0.25) is 0 Å². The minimum atomic E-state index is -0.931. The molecular formula is C22H22N4O12. The molecule has 2 N–H and O–H groups in total. The Morgan fingerprint density at radius 2 is 1.00 bits per heavy atom. The van der Waals surface area contributed by atoms with Gasteiger partial charge in [0, 0.05) is 25.2 Å². The summed E-state index contributed by atoms with van der Waals surface area (Å²) >= 11 is 0. The topological polar surface area (TPSA) is 216 Å². The van der Waals surface area contributed by atoms with Crippen molar-refractivity contribution in [1.82, 2.24) is 10.6 Å². The van der Waals surface area contributed by atoms with Crippen molar-refractivity contribution in [3.05, 3.63) is 68.8 Å². The smallest absolute Gasteiger partial charge is 0.344 e. The molecule has 0 saturated heterocycles. The van der Waals surface area contributed by atoms with Crippen molar-refractivity contribution in [1.29, 1.82) is 0 Å². The maximum absolute atomic E-state index is 11.7. The fourth-order valence-corrected chi connectivity index (χ4v) is 2.61. The molecule has 0 bridgehead atoms. The molecule has 0 aliphatic heterocycles. The minimum Gasteiger partial charge on any atom is -0.475 e. The molecule has 0 heterocycles. The third-order valence-electron chi connectivity index (χ3n) is 4.31. The van der Waals surface area contributed by atoms with E-state index in [4.69, 9.17) is 18.9 Å². The first kappa shape index (κ1) is 29.0. The molecule has 16 nitrogen and oxygen atoms in total. The zero-order chi connectivity index (χ0) is 27.9. The van der Waals surface area contributed by atoms with E-state index in [1.165, 1.54) is 48.5 Å². The second-order valence-corrected chi connectivity index (χ2v) is 7.05. The average Bonchev–Trinajstić information content (AvgIpc) is 2.90. The Hall–Kier alpha value is -5.28. The summed E-state index contributed by atoms with van der Waals surface area (Å²) in [6, 6.07) is 10.9. The van der Waals surface area contributed by atoms with Gasteiger partial charge in [-0.25, -0.2) is 9.59 Å². The van der Waals surface area contributed by atoms with Crippen molar-refractivity contribution in [3.8, 4) is 11.5 Å². The number of esters is 2. The Bertz CT molecular complexity index is 1090. The molecule has 0 aromatic heterocycles. The Balaban J connectivity index is 1.56. The third kappa shape index (κ3) is 10.1. The highest BCUT2D eigenvalue weighted by Crippen LogP contribution is 2.26. The van der Waals surface area contributed by atoms with Crippen LogP contribution in [0.4, 0.5) is 11.4 Å². The highest BCUT2D eigenvalue weighted by Gasteiger charge is 2.17. The summed E-state index contributed by atoms with van der Waals surface area (Å²) in [7, 11) is 0. The number of nitrogens with one attached hydrogen (secondary N) is 2. The summed E-state index contributed by atoms with van der Waals surface area (Å²) in [5.74, 6) is -3.49. The molecule has 0 spiro atoms. The number of nitrogens with zero attached hydrogens (tertiary/aromatic N) is 2. The van der Waals surface area contributed by atoms with Crippen LogP contribution in [0.1, 0.15) is 0 Å². The lowest BCUT2D eigenvalue weighted by Gasteiger charge is -2.09. The average molecular weight is 534 g/mol. The summed E-state index contributed by atoms with van der Waals surface area (Å²) in [6.07, 6.45) is 0. The van der Waals surface area contributed by atoms with Crippen LogP contribution in [0.3, 0.4) is 0 Å². The second kappa shape index (κ2) is 15.0. The number of benzene rings is 2. The molecule has 2 rings (SSSR count). The number of hydrogen-bond donors (Lipinski definition) is 2. The molecule has 38 heavy (non-hydrogen) atoms. The minimum absolute atomic E-state index is 0.0381. The first-order valence-electron chi connectivity index (χ1n) is 10.7. The number of ether oxygens (including phenoxy) is 4. The van der Waals surface area contributed by atoms with Crippen molar-refractivity contribution in [2.24, 2.45) is 0 Å². The van der Waals surface area contributed by atoms with Crippen LogP contribution >= 0.6 is 0 Å². The largest absolute Gasteiger partial charge is 0.475 e. The Morgan fingerprint density at radius 3 is 1.37 bits per heavy atom. The van der Waals surface area contributed by atoms with E-state index >= 15 is 0 Å². The second-order valence-electron chi connectivity index (χ2n) is 7.05. The summed E-state index contributed by atoms with van der Waals surface area (Å²) in [5.41, 5.74) is -0.664. The number of nitro benzene ring substituents is 2. The van der Waals surface area contributed by atoms with Crippen LogP contribution in [0.5, 0.6) is 11.5 Å². The number of carbonyl (C=O) groups excluding carboxylic acids is 4. The van der Waals surface area contributed by atoms with E-state index in [2.05, 4.69) is 10.6 Å². The molecule has 2 amide bonds. The van der Waals surface area contributed by atoms with Gasteiger partial charge in [-0.15, -0.1) is 0 Å². The Kier molecular flexibility index (Phi) is 11.4. The van der Waals surface area contributed by atoms with Crippen molar-refractivity contribution in [3.63, 3.8) is 0 Å². The summed E-state index contributed by atoms with van der Waals surface area (Å²) in [5, 5.41) is 26.5. The van der Waals surface area contributed by atoms with Gasteiger partial charge in [0.05, 0.1) is 9.85 Å². The maximum Gasteiger partial charge on any atom is 0.344 e. The molecule has 2 aromatic carbocycles. The zero-order valence-electron chi connectivity index (χ0n) is 19.7. The van der Waals surface area contributed by atoms with Crippen molar-refractivity contribution < 1.29 is 48.0 Å². The quantitative estimate of drug-likeness (QED) is 0.136. The van der Waals surface area contributed by atoms with Crippen molar-refractivity contribution in [2.75, 3.05) is 39.5 Å². The van der Waals surface area contributed by atoms with E-state index in [0.717, 1.165) is 0 Å². The summed E-state index contributed by atoms with van der Waals surface area (Å²) in [4.78, 5) is 67.3. The fourth-order valence-electron chi connectivity index (χ4n) is 2.61. The fraction of sp³-hybridized carbons (Fsp3) is 0.273. The van der Waals surface area contributed by atoms with Crippen LogP contribution in [0, 0.1) is 20.2 Å². The Labute approximate surface area is 214 Å². The third-order valence-corrected chi connectivity index (χ3v) is 4.31. The maximum atomic E-state index is 11.7. The van der Waals surface area contributed by atoms with Gasteiger partial charge in [0.1, 0.15) is 0 Å². The molecule has 2 aromatic rings. The van der Waals surface area contributed by atoms with Crippen LogP contribution in [-0.4, -0.2) is 73.1 Å². The van der Waals surface area contributed by atoms with Gasteiger partial charge < -0.3 is 29.6 Å². The molecule has 202 valence electrons. The monoisotopic (exact) mass is 534 g/mol. The molecule has 16 heteroatoms. The molecular weight excluding hydrogens is 512 g/mol. The van der Waals surface area contributed by atoms with Gasteiger partial charge in [-0.2, -0.15) is 0 Å². The molecule has 0 aliphatic carbocycles. The van der Waals surface area contributed by atoms with E-state index in [1.807, 2.05) is 0 Å². The molecule has 0 aliphatic rings. The first-order chi connectivity index (χ1) is 18.2. The standard InChI is InChI=1S/C22H22N4O12/c27-19(11-37-21(29)13-35-17-7-3-1-5-15(17)25(31)32)23-9-10-24-20(28)12-38-22(30)14-36-18-8-4-2-6-16(18)26(33)34/h1-8H,9-14H2,(H,23,27)(H,24,28). The van der Waals surface area contributed by atoms with E-state index in [9.17, 15) is 39.4 Å². The number of amides is 2. The number of rotatable bonds is 15. The van der Waals surface area contributed by atoms with Gasteiger partial charge >= 0.3 is 23.3 Å².